The van der Waals surface area contributed by atoms with Crippen LogP contribution in [0.15, 0.2) is 24.7 Å². The van der Waals surface area contributed by atoms with Crippen molar-refractivity contribution in [3.8, 4) is 11.4 Å². The van der Waals surface area contributed by atoms with E-state index in [1.54, 1.807) is 6.33 Å². The van der Waals surface area contributed by atoms with Crippen molar-refractivity contribution in [1.29, 1.82) is 0 Å². The molecule has 0 unspecified atom stereocenters. The Labute approximate surface area is 110 Å². The second kappa shape index (κ2) is 4.12. The predicted molar refractivity (Wildman–Crippen MR) is 68.9 cm³/mol. The highest BCUT2D eigenvalue weighted by atomic mass is 16.4. The molecule has 5 heteroatoms. The standard InChI is InChI=1S/C14H14N2O3/c1-8-4-13(17)10(14(18)19)5-12(8)16-6-11(15-7-16)9-2-3-9/h4-7,9,17H,2-3H2,1H3,(H,18,19). The van der Waals surface area contributed by atoms with E-state index in [4.69, 9.17) is 5.11 Å². The zero-order valence-corrected chi connectivity index (χ0v) is 10.5. The fourth-order valence-corrected chi connectivity index (χ4v) is 2.19. The van der Waals surface area contributed by atoms with Gasteiger partial charge in [-0.2, -0.15) is 0 Å². The minimum absolute atomic E-state index is 0.0951. The van der Waals surface area contributed by atoms with E-state index >= 15 is 0 Å². The molecule has 0 spiro atoms. The van der Waals surface area contributed by atoms with Gasteiger partial charge in [0.15, 0.2) is 0 Å². The van der Waals surface area contributed by atoms with Gasteiger partial charge in [-0.25, -0.2) is 9.78 Å². The first-order valence-electron chi connectivity index (χ1n) is 6.17. The number of aryl methyl sites for hydroxylation is 1. The van der Waals surface area contributed by atoms with Gasteiger partial charge < -0.3 is 14.8 Å². The van der Waals surface area contributed by atoms with Gasteiger partial charge in [0.25, 0.3) is 0 Å². The Morgan fingerprint density at radius 1 is 1.42 bits per heavy atom. The number of phenols is 1. The molecule has 1 heterocycles. The molecule has 1 aliphatic rings. The smallest absolute Gasteiger partial charge is 0.339 e. The molecule has 2 aromatic rings. The number of carbonyl (C=O) groups is 1. The lowest BCUT2D eigenvalue weighted by atomic mass is 10.1. The third kappa shape index (κ3) is 2.07. The van der Waals surface area contributed by atoms with Gasteiger partial charge in [-0.15, -0.1) is 0 Å². The number of hydrogen-bond acceptors (Lipinski definition) is 3. The zero-order valence-electron chi connectivity index (χ0n) is 10.5. The van der Waals surface area contributed by atoms with Crippen molar-refractivity contribution in [1.82, 2.24) is 9.55 Å². The van der Waals surface area contributed by atoms with Crippen LogP contribution in [0.3, 0.4) is 0 Å². The summed E-state index contributed by atoms with van der Waals surface area (Å²) in [5, 5.41) is 18.7. The van der Waals surface area contributed by atoms with E-state index in [0.29, 0.717) is 5.92 Å². The lowest BCUT2D eigenvalue weighted by Crippen LogP contribution is -2.01. The van der Waals surface area contributed by atoms with Gasteiger partial charge in [-0.1, -0.05) is 0 Å². The molecule has 0 aliphatic heterocycles. The zero-order chi connectivity index (χ0) is 13.6. The number of carboxylic acids is 1. The molecule has 1 fully saturated rings. The number of aromatic carboxylic acids is 1. The predicted octanol–water partition coefficient (Wildman–Crippen LogP) is 2.46. The first-order chi connectivity index (χ1) is 9.06. The first-order valence-corrected chi connectivity index (χ1v) is 6.17. The van der Waals surface area contributed by atoms with Crippen LogP contribution in [0.1, 0.15) is 40.4 Å². The molecule has 2 N–H and O–H groups in total. The number of aromatic hydroxyl groups is 1. The SMILES string of the molecule is Cc1cc(O)c(C(=O)O)cc1-n1cnc(C2CC2)c1. The van der Waals surface area contributed by atoms with Crippen molar-refractivity contribution < 1.29 is 15.0 Å². The number of aromatic nitrogens is 2. The van der Waals surface area contributed by atoms with Gasteiger partial charge in [-0.3, -0.25) is 0 Å². The van der Waals surface area contributed by atoms with Crippen molar-refractivity contribution in [3.63, 3.8) is 0 Å². The minimum atomic E-state index is -1.14. The van der Waals surface area contributed by atoms with Crippen molar-refractivity contribution in [3.05, 3.63) is 41.5 Å². The summed E-state index contributed by atoms with van der Waals surface area (Å²) in [6.45, 7) is 1.83. The van der Waals surface area contributed by atoms with Crippen LogP contribution in [0.5, 0.6) is 5.75 Å². The minimum Gasteiger partial charge on any atom is -0.507 e. The van der Waals surface area contributed by atoms with Crippen LogP contribution < -0.4 is 0 Å². The van der Waals surface area contributed by atoms with E-state index in [1.807, 2.05) is 17.7 Å². The van der Waals surface area contributed by atoms with Crippen molar-refractivity contribution in [2.24, 2.45) is 0 Å². The van der Waals surface area contributed by atoms with Crippen LogP contribution in [0.25, 0.3) is 5.69 Å². The van der Waals surface area contributed by atoms with Crippen molar-refractivity contribution >= 4 is 5.97 Å². The van der Waals surface area contributed by atoms with E-state index in [9.17, 15) is 9.90 Å². The highest BCUT2D eigenvalue weighted by Crippen LogP contribution is 2.39. The maximum atomic E-state index is 11.1. The molecule has 1 aliphatic carbocycles. The van der Waals surface area contributed by atoms with Crippen LogP contribution in [0, 0.1) is 6.92 Å². The molecule has 5 nitrogen and oxygen atoms in total. The van der Waals surface area contributed by atoms with Gasteiger partial charge >= 0.3 is 5.97 Å². The molecule has 0 atom stereocenters. The van der Waals surface area contributed by atoms with E-state index < -0.39 is 5.97 Å². The lowest BCUT2D eigenvalue weighted by molar-refractivity contribution is 0.0693. The highest BCUT2D eigenvalue weighted by Gasteiger charge is 2.26. The fraction of sp³-hybridized carbons (Fsp3) is 0.286. The topological polar surface area (TPSA) is 75.3 Å². The first kappa shape index (κ1) is 11.8. The van der Waals surface area contributed by atoms with Crippen LogP contribution >= 0.6 is 0 Å². The number of hydrogen-bond donors (Lipinski definition) is 2. The Hall–Kier alpha value is -2.30. The van der Waals surface area contributed by atoms with Crippen molar-refractivity contribution in [2.45, 2.75) is 25.7 Å². The molecular weight excluding hydrogens is 244 g/mol. The summed E-state index contributed by atoms with van der Waals surface area (Å²) in [4.78, 5) is 15.4. The summed E-state index contributed by atoms with van der Waals surface area (Å²) in [6, 6.07) is 2.95. The van der Waals surface area contributed by atoms with Gasteiger partial charge in [0, 0.05) is 12.1 Å². The van der Waals surface area contributed by atoms with Gasteiger partial charge in [-0.05, 0) is 37.5 Å². The molecule has 0 radical (unpaired) electrons. The molecule has 3 rings (SSSR count). The van der Waals surface area contributed by atoms with Crippen LogP contribution in [-0.2, 0) is 0 Å². The Morgan fingerprint density at radius 2 is 2.16 bits per heavy atom. The third-order valence-corrected chi connectivity index (χ3v) is 3.42. The Balaban J connectivity index is 2.07. The van der Waals surface area contributed by atoms with E-state index in [-0.39, 0.29) is 11.3 Å². The number of nitrogens with zero attached hydrogens (tertiary/aromatic N) is 2. The van der Waals surface area contributed by atoms with Gasteiger partial charge in [0.05, 0.1) is 17.7 Å². The molecule has 1 aromatic heterocycles. The molecule has 1 saturated carbocycles. The largest absolute Gasteiger partial charge is 0.507 e. The summed E-state index contributed by atoms with van der Waals surface area (Å²) >= 11 is 0. The maximum absolute atomic E-state index is 11.1. The number of benzene rings is 1. The fourth-order valence-electron chi connectivity index (χ4n) is 2.19. The molecule has 0 saturated heterocycles. The second-order valence-electron chi connectivity index (χ2n) is 4.94. The Kier molecular flexibility index (Phi) is 2.55. The summed E-state index contributed by atoms with van der Waals surface area (Å²) in [7, 11) is 0. The average Bonchev–Trinajstić information content (AvgIpc) is 3.08. The second-order valence-corrected chi connectivity index (χ2v) is 4.94. The number of imidazole rings is 1. The molecular formula is C14H14N2O3. The maximum Gasteiger partial charge on any atom is 0.339 e. The van der Waals surface area contributed by atoms with E-state index in [2.05, 4.69) is 4.98 Å². The molecule has 19 heavy (non-hydrogen) atoms. The molecule has 1 aromatic carbocycles. The molecule has 98 valence electrons. The van der Waals surface area contributed by atoms with E-state index in [1.165, 1.54) is 25.0 Å². The third-order valence-electron chi connectivity index (χ3n) is 3.42. The van der Waals surface area contributed by atoms with Crippen LogP contribution in [-0.4, -0.2) is 25.7 Å². The van der Waals surface area contributed by atoms with E-state index in [0.717, 1.165) is 16.9 Å². The van der Waals surface area contributed by atoms with Crippen molar-refractivity contribution in [2.75, 3.05) is 0 Å². The summed E-state index contributed by atoms with van der Waals surface area (Å²) in [5.41, 5.74) is 2.49. The summed E-state index contributed by atoms with van der Waals surface area (Å²) in [5.74, 6) is -0.796. The molecule has 0 bridgehead atoms. The number of rotatable bonds is 3. The van der Waals surface area contributed by atoms with Crippen LogP contribution in [0.2, 0.25) is 0 Å². The summed E-state index contributed by atoms with van der Waals surface area (Å²) in [6.07, 6.45) is 5.97. The average molecular weight is 258 g/mol. The highest BCUT2D eigenvalue weighted by molar-refractivity contribution is 5.91. The van der Waals surface area contributed by atoms with Gasteiger partial charge in [0.1, 0.15) is 11.3 Å². The number of carboxylic acid groups (broad SMARTS) is 1. The summed E-state index contributed by atoms with van der Waals surface area (Å²) < 4.78 is 1.81. The van der Waals surface area contributed by atoms with Crippen LogP contribution in [0.4, 0.5) is 0 Å². The van der Waals surface area contributed by atoms with Gasteiger partial charge in [0.2, 0.25) is 0 Å². The Bertz CT molecular complexity index is 657. The Morgan fingerprint density at radius 3 is 2.79 bits per heavy atom. The lowest BCUT2D eigenvalue weighted by Gasteiger charge is -2.09. The monoisotopic (exact) mass is 258 g/mol. The molecule has 0 amide bonds. The quantitative estimate of drug-likeness (QED) is 0.886. The normalized spacial score (nSPS) is 14.6.